The van der Waals surface area contributed by atoms with Crippen molar-refractivity contribution in [2.24, 2.45) is 5.73 Å². The second kappa shape index (κ2) is 2.88. The Morgan fingerprint density at radius 1 is 1.33 bits per heavy atom. The van der Waals surface area contributed by atoms with Gasteiger partial charge in [0, 0.05) is 24.1 Å². The first kappa shape index (κ1) is 8.01. The summed E-state index contributed by atoms with van der Waals surface area (Å²) < 4.78 is 0. The lowest BCUT2D eigenvalue weighted by Gasteiger charge is -2.00. The summed E-state index contributed by atoms with van der Waals surface area (Å²) in [4.78, 5) is 32.3. The number of nitrogens with zero attached hydrogens (tertiary/aromatic N) is 1. The molecule has 0 fully saturated rings. The summed E-state index contributed by atoms with van der Waals surface area (Å²) in [5, 5.41) is 0. The fraction of sp³-hybridized carbons (Fsp3) is 0. The zero-order valence-electron chi connectivity index (χ0n) is 5.90. The Labute approximate surface area is 67.8 Å². The molecule has 1 rings (SSSR count). The summed E-state index contributed by atoms with van der Waals surface area (Å²) >= 11 is 0. The van der Waals surface area contributed by atoms with Gasteiger partial charge < -0.3 is 5.73 Å². The van der Waals surface area contributed by atoms with Gasteiger partial charge in [-0.05, 0) is 0 Å². The van der Waals surface area contributed by atoms with Gasteiger partial charge in [-0.2, -0.15) is 4.90 Å². The SMILES string of the molecule is NC(=O)C#CN1C(=O)C=CC1=O. The quantitative estimate of drug-likeness (QED) is 0.344. The third-order valence-electron chi connectivity index (χ3n) is 1.10. The van der Waals surface area contributed by atoms with Crippen molar-refractivity contribution in [1.29, 1.82) is 0 Å². The predicted molar refractivity (Wildman–Crippen MR) is 38.0 cm³/mol. The molecule has 12 heavy (non-hydrogen) atoms. The number of rotatable bonds is 0. The number of hydrogen-bond acceptors (Lipinski definition) is 3. The number of imide groups is 1. The zero-order chi connectivity index (χ0) is 9.14. The van der Waals surface area contributed by atoms with E-state index in [1.165, 1.54) is 0 Å². The van der Waals surface area contributed by atoms with Crippen molar-refractivity contribution in [1.82, 2.24) is 4.90 Å². The van der Waals surface area contributed by atoms with Crippen LogP contribution in [0.25, 0.3) is 0 Å². The summed E-state index contributed by atoms with van der Waals surface area (Å²) in [6.07, 6.45) is 2.13. The van der Waals surface area contributed by atoms with Gasteiger partial charge in [-0.3, -0.25) is 14.4 Å². The van der Waals surface area contributed by atoms with Crippen LogP contribution in [0.5, 0.6) is 0 Å². The minimum absolute atomic E-state index is 0.561. The molecule has 3 amide bonds. The van der Waals surface area contributed by atoms with Gasteiger partial charge in [0.2, 0.25) is 0 Å². The van der Waals surface area contributed by atoms with Crippen LogP contribution in [0.15, 0.2) is 12.2 Å². The molecule has 0 saturated carbocycles. The van der Waals surface area contributed by atoms with E-state index in [0.29, 0.717) is 4.90 Å². The molecule has 0 aromatic rings. The standard InChI is InChI=1S/C7H4N2O3/c8-5(10)3-4-9-6(11)1-2-7(9)12/h1-2H,(H2,8,10). The van der Waals surface area contributed by atoms with Gasteiger partial charge in [0.05, 0.1) is 0 Å². The highest BCUT2D eigenvalue weighted by atomic mass is 16.2. The van der Waals surface area contributed by atoms with Crippen LogP contribution in [-0.2, 0) is 14.4 Å². The van der Waals surface area contributed by atoms with Crippen molar-refractivity contribution in [3.8, 4) is 12.0 Å². The minimum atomic E-state index is -0.887. The van der Waals surface area contributed by atoms with Crippen LogP contribution >= 0.6 is 0 Å². The number of amides is 3. The molecule has 2 N–H and O–H groups in total. The predicted octanol–water partition coefficient (Wildman–Crippen LogP) is -1.64. The minimum Gasteiger partial charge on any atom is -0.359 e. The average molecular weight is 164 g/mol. The summed E-state index contributed by atoms with van der Waals surface area (Å²) in [5.41, 5.74) is 4.68. The molecular weight excluding hydrogens is 160 g/mol. The number of hydrogen-bond donors (Lipinski definition) is 1. The summed E-state index contributed by atoms with van der Waals surface area (Å²) in [5.74, 6) is -0.128. The molecule has 0 saturated heterocycles. The largest absolute Gasteiger partial charge is 0.359 e. The Morgan fingerprint density at radius 3 is 2.25 bits per heavy atom. The number of nitrogens with two attached hydrogens (primary N) is 1. The third kappa shape index (κ3) is 1.49. The van der Waals surface area contributed by atoms with Crippen LogP contribution in [0.2, 0.25) is 0 Å². The fourth-order valence-corrected chi connectivity index (χ4v) is 0.621. The maximum atomic E-state index is 10.8. The first-order chi connectivity index (χ1) is 5.61. The Hall–Kier alpha value is -2.09. The van der Waals surface area contributed by atoms with Gasteiger partial charge in [-0.25, -0.2) is 0 Å². The maximum Gasteiger partial charge on any atom is 0.295 e. The van der Waals surface area contributed by atoms with Crippen molar-refractivity contribution in [3.05, 3.63) is 12.2 Å². The second-order valence-corrected chi connectivity index (χ2v) is 1.95. The van der Waals surface area contributed by atoms with Gasteiger partial charge in [-0.15, -0.1) is 0 Å². The molecule has 5 heteroatoms. The molecule has 1 aliphatic heterocycles. The molecule has 0 aromatic carbocycles. The Morgan fingerprint density at radius 2 is 1.83 bits per heavy atom. The molecule has 0 unspecified atom stereocenters. The molecule has 0 spiro atoms. The number of primary amides is 1. The lowest BCUT2D eigenvalue weighted by atomic mass is 10.6. The van der Waals surface area contributed by atoms with Crippen LogP contribution in [-0.4, -0.2) is 22.6 Å². The molecule has 60 valence electrons. The topological polar surface area (TPSA) is 80.5 Å². The molecule has 0 aliphatic carbocycles. The number of carbonyl (C=O) groups excluding carboxylic acids is 3. The molecule has 0 aromatic heterocycles. The van der Waals surface area contributed by atoms with Crippen molar-refractivity contribution in [2.75, 3.05) is 0 Å². The van der Waals surface area contributed by atoms with E-state index >= 15 is 0 Å². The summed E-state index contributed by atoms with van der Waals surface area (Å²) in [6.45, 7) is 0. The Kier molecular flexibility index (Phi) is 1.92. The second-order valence-electron chi connectivity index (χ2n) is 1.95. The lowest BCUT2D eigenvalue weighted by molar-refractivity contribution is -0.132. The third-order valence-corrected chi connectivity index (χ3v) is 1.10. The monoisotopic (exact) mass is 164 g/mol. The van der Waals surface area contributed by atoms with Crippen molar-refractivity contribution < 1.29 is 14.4 Å². The van der Waals surface area contributed by atoms with Gasteiger partial charge in [0.15, 0.2) is 0 Å². The smallest absolute Gasteiger partial charge is 0.295 e. The Balaban J connectivity index is 2.80. The highest BCUT2D eigenvalue weighted by molar-refractivity contribution is 6.14. The van der Waals surface area contributed by atoms with E-state index in [0.717, 1.165) is 12.2 Å². The van der Waals surface area contributed by atoms with E-state index in [-0.39, 0.29) is 0 Å². The van der Waals surface area contributed by atoms with Crippen LogP contribution in [0.3, 0.4) is 0 Å². The summed E-state index contributed by atoms with van der Waals surface area (Å²) in [7, 11) is 0. The fourth-order valence-electron chi connectivity index (χ4n) is 0.621. The molecule has 0 radical (unpaired) electrons. The van der Waals surface area contributed by atoms with Crippen molar-refractivity contribution in [2.45, 2.75) is 0 Å². The van der Waals surface area contributed by atoms with E-state index in [4.69, 9.17) is 0 Å². The molecule has 0 atom stereocenters. The van der Waals surface area contributed by atoms with Crippen LogP contribution in [0.1, 0.15) is 0 Å². The van der Waals surface area contributed by atoms with Gasteiger partial charge in [0.1, 0.15) is 0 Å². The molecular formula is C7H4N2O3. The van der Waals surface area contributed by atoms with E-state index in [1.807, 2.05) is 12.0 Å². The number of carbonyl (C=O) groups is 3. The van der Waals surface area contributed by atoms with Crippen LogP contribution in [0.4, 0.5) is 0 Å². The van der Waals surface area contributed by atoms with Gasteiger partial charge in [-0.1, -0.05) is 0 Å². The van der Waals surface area contributed by atoms with E-state index in [2.05, 4.69) is 5.73 Å². The molecule has 0 bridgehead atoms. The van der Waals surface area contributed by atoms with Crippen molar-refractivity contribution in [3.63, 3.8) is 0 Å². The van der Waals surface area contributed by atoms with Gasteiger partial charge in [0.25, 0.3) is 17.7 Å². The van der Waals surface area contributed by atoms with E-state index < -0.39 is 17.7 Å². The van der Waals surface area contributed by atoms with E-state index in [9.17, 15) is 14.4 Å². The summed E-state index contributed by atoms with van der Waals surface area (Å²) in [6, 6.07) is 2.03. The van der Waals surface area contributed by atoms with E-state index in [1.54, 1.807) is 0 Å². The average Bonchev–Trinajstić information content (AvgIpc) is 2.28. The van der Waals surface area contributed by atoms with Crippen LogP contribution in [0, 0.1) is 12.0 Å². The van der Waals surface area contributed by atoms with Crippen LogP contribution < -0.4 is 5.73 Å². The first-order valence-corrected chi connectivity index (χ1v) is 2.98. The normalized spacial score (nSPS) is 14.5. The van der Waals surface area contributed by atoms with Crippen molar-refractivity contribution >= 4 is 17.7 Å². The Bertz CT molecular complexity index is 327. The highest BCUT2D eigenvalue weighted by Crippen LogP contribution is 2.00. The zero-order valence-corrected chi connectivity index (χ0v) is 5.90. The highest BCUT2D eigenvalue weighted by Gasteiger charge is 2.21. The lowest BCUT2D eigenvalue weighted by Crippen LogP contribution is -2.25. The van der Waals surface area contributed by atoms with Gasteiger partial charge >= 0.3 is 0 Å². The first-order valence-electron chi connectivity index (χ1n) is 2.98. The molecule has 1 heterocycles. The molecule has 5 nitrogen and oxygen atoms in total. The maximum absolute atomic E-state index is 10.8. The molecule has 1 aliphatic rings.